The number of nitrogens with zero attached hydrogens (tertiary/aromatic N) is 2. The summed E-state index contributed by atoms with van der Waals surface area (Å²) in [6.45, 7) is 13.2. The first-order valence-corrected chi connectivity index (χ1v) is 7.60. The Morgan fingerprint density at radius 1 is 1.26 bits per heavy atom. The molecule has 0 aliphatic rings. The van der Waals surface area contributed by atoms with E-state index in [4.69, 9.17) is 0 Å². The molecule has 1 aromatic rings. The van der Waals surface area contributed by atoms with E-state index in [1.807, 2.05) is 12.3 Å². The van der Waals surface area contributed by atoms with Gasteiger partial charge in [0.05, 0.1) is 0 Å². The van der Waals surface area contributed by atoms with Crippen LogP contribution in [0, 0.1) is 0 Å². The van der Waals surface area contributed by atoms with Crippen molar-refractivity contribution < 1.29 is 0 Å². The Bertz CT molecular complexity index is 365. The van der Waals surface area contributed by atoms with Gasteiger partial charge in [-0.1, -0.05) is 19.9 Å². The highest BCUT2D eigenvalue weighted by atomic mass is 15.2. The standard InChI is InChI=1S/C16H29N3/c1-6-11-17-14(5)15-10-9-12-18-16(15)19(8-3)13(4)7-2/h9-10,12-14,17H,6-8,11H2,1-5H3. The van der Waals surface area contributed by atoms with Crippen molar-refractivity contribution in [3.05, 3.63) is 23.9 Å². The fraction of sp³-hybridized carbons (Fsp3) is 0.688. The number of hydrogen-bond acceptors (Lipinski definition) is 3. The lowest BCUT2D eigenvalue weighted by Crippen LogP contribution is -2.35. The van der Waals surface area contributed by atoms with Gasteiger partial charge in [-0.15, -0.1) is 0 Å². The van der Waals surface area contributed by atoms with Crippen LogP contribution in [0.25, 0.3) is 0 Å². The van der Waals surface area contributed by atoms with Crippen LogP contribution in [-0.4, -0.2) is 24.1 Å². The fourth-order valence-electron chi connectivity index (χ4n) is 2.35. The lowest BCUT2D eigenvalue weighted by Gasteiger charge is -2.31. The number of nitrogens with one attached hydrogen (secondary N) is 1. The molecule has 1 rings (SSSR count). The van der Waals surface area contributed by atoms with E-state index in [0.717, 1.165) is 31.7 Å². The van der Waals surface area contributed by atoms with Crippen LogP contribution in [0.1, 0.15) is 59.1 Å². The smallest absolute Gasteiger partial charge is 0.133 e. The number of aromatic nitrogens is 1. The van der Waals surface area contributed by atoms with Gasteiger partial charge in [0.15, 0.2) is 0 Å². The molecule has 108 valence electrons. The van der Waals surface area contributed by atoms with Crippen molar-refractivity contribution in [3.63, 3.8) is 0 Å². The van der Waals surface area contributed by atoms with Gasteiger partial charge >= 0.3 is 0 Å². The number of rotatable bonds is 8. The van der Waals surface area contributed by atoms with Crippen molar-refractivity contribution in [1.82, 2.24) is 10.3 Å². The SMILES string of the molecule is CCCNC(C)c1cccnc1N(CC)C(C)CC. The summed E-state index contributed by atoms with van der Waals surface area (Å²) in [5, 5.41) is 3.56. The molecule has 3 nitrogen and oxygen atoms in total. The predicted octanol–water partition coefficient (Wildman–Crippen LogP) is 3.77. The second-order valence-electron chi connectivity index (χ2n) is 5.14. The predicted molar refractivity (Wildman–Crippen MR) is 83.7 cm³/mol. The van der Waals surface area contributed by atoms with Crippen LogP contribution in [0.5, 0.6) is 0 Å². The van der Waals surface area contributed by atoms with E-state index in [1.54, 1.807) is 0 Å². The third kappa shape index (κ3) is 4.20. The topological polar surface area (TPSA) is 28.2 Å². The van der Waals surface area contributed by atoms with E-state index in [1.165, 1.54) is 5.56 Å². The Balaban J connectivity index is 2.99. The molecule has 1 heterocycles. The zero-order valence-electron chi connectivity index (χ0n) is 13.1. The highest BCUT2D eigenvalue weighted by Crippen LogP contribution is 2.25. The van der Waals surface area contributed by atoms with Gasteiger partial charge < -0.3 is 10.2 Å². The van der Waals surface area contributed by atoms with E-state index < -0.39 is 0 Å². The van der Waals surface area contributed by atoms with Gasteiger partial charge in [0.1, 0.15) is 5.82 Å². The van der Waals surface area contributed by atoms with Crippen molar-refractivity contribution in [2.24, 2.45) is 0 Å². The van der Waals surface area contributed by atoms with E-state index in [2.05, 4.69) is 55.9 Å². The van der Waals surface area contributed by atoms with Crippen molar-refractivity contribution in [2.75, 3.05) is 18.0 Å². The van der Waals surface area contributed by atoms with Crippen molar-refractivity contribution in [3.8, 4) is 0 Å². The van der Waals surface area contributed by atoms with Crippen LogP contribution >= 0.6 is 0 Å². The highest BCUT2D eigenvalue weighted by molar-refractivity contribution is 5.49. The molecule has 0 amide bonds. The van der Waals surface area contributed by atoms with Crippen LogP contribution in [0.2, 0.25) is 0 Å². The van der Waals surface area contributed by atoms with E-state index in [9.17, 15) is 0 Å². The molecule has 1 N–H and O–H groups in total. The maximum absolute atomic E-state index is 4.63. The highest BCUT2D eigenvalue weighted by Gasteiger charge is 2.18. The normalized spacial score (nSPS) is 14.2. The first kappa shape index (κ1) is 16.0. The molecular weight excluding hydrogens is 234 g/mol. The van der Waals surface area contributed by atoms with Crippen molar-refractivity contribution >= 4 is 5.82 Å². The van der Waals surface area contributed by atoms with E-state index >= 15 is 0 Å². The summed E-state index contributed by atoms with van der Waals surface area (Å²) in [5.41, 5.74) is 1.30. The third-order valence-electron chi connectivity index (χ3n) is 3.72. The van der Waals surface area contributed by atoms with Gasteiger partial charge in [0, 0.05) is 30.4 Å². The van der Waals surface area contributed by atoms with Crippen LogP contribution in [0.3, 0.4) is 0 Å². The summed E-state index contributed by atoms with van der Waals surface area (Å²) in [6, 6.07) is 5.10. The molecule has 0 aliphatic carbocycles. The average Bonchev–Trinajstić information content (AvgIpc) is 2.45. The first-order valence-electron chi connectivity index (χ1n) is 7.60. The molecule has 19 heavy (non-hydrogen) atoms. The minimum atomic E-state index is 0.349. The van der Waals surface area contributed by atoms with Gasteiger partial charge in [0.25, 0.3) is 0 Å². The average molecular weight is 263 g/mol. The number of pyridine rings is 1. The third-order valence-corrected chi connectivity index (χ3v) is 3.72. The van der Waals surface area contributed by atoms with Gasteiger partial charge in [-0.25, -0.2) is 4.98 Å². The van der Waals surface area contributed by atoms with Gasteiger partial charge in [-0.05, 0) is 46.2 Å². The zero-order chi connectivity index (χ0) is 14.3. The summed E-state index contributed by atoms with van der Waals surface area (Å²) in [6.07, 6.45) is 4.19. The monoisotopic (exact) mass is 263 g/mol. The Hall–Kier alpha value is -1.09. The van der Waals surface area contributed by atoms with Crippen LogP contribution in [0.15, 0.2) is 18.3 Å². The molecule has 0 saturated carbocycles. The van der Waals surface area contributed by atoms with Gasteiger partial charge in [0.2, 0.25) is 0 Å². The Morgan fingerprint density at radius 2 is 2.00 bits per heavy atom. The minimum Gasteiger partial charge on any atom is -0.354 e. The fourth-order valence-corrected chi connectivity index (χ4v) is 2.35. The molecular formula is C16H29N3. The molecule has 0 radical (unpaired) electrons. The molecule has 0 fully saturated rings. The number of anilines is 1. The van der Waals surface area contributed by atoms with E-state index in [-0.39, 0.29) is 0 Å². The summed E-state index contributed by atoms with van der Waals surface area (Å²) in [7, 11) is 0. The quantitative estimate of drug-likeness (QED) is 0.774. The molecule has 1 aromatic heterocycles. The maximum Gasteiger partial charge on any atom is 0.133 e. The molecule has 2 unspecified atom stereocenters. The zero-order valence-corrected chi connectivity index (χ0v) is 13.1. The van der Waals surface area contributed by atoms with Gasteiger partial charge in [-0.2, -0.15) is 0 Å². The van der Waals surface area contributed by atoms with Crippen molar-refractivity contribution in [2.45, 2.75) is 59.5 Å². The summed E-state index contributed by atoms with van der Waals surface area (Å²) in [5.74, 6) is 1.13. The van der Waals surface area contributed by atoms with Crippen molar-refractivity contribution in [1.29, 1.82) is 0 Å². The van der Waals surface area contributed by atoms with Crippen LogP contribution in [0.4, 0.5) is 5.82 Å². The Kier molecular flexibility index (Phi) is 6.85. The second kappa shape index (κ2) is 8.16. The van der Waals surface area contributed by atoms with E-state index in [0.29, 0.717) is 12.1 Å². The first-order chi connectivity index (χ1) is 9.15. The maximum atomic E-state index is 4.63. The molecule has 0 aliphatic heterocycles. The second-order valence-corrected chi connectivity index (χ2v) is 5.14. The lowest BCUT2D eigenvalue weighted by atomic mass is 10.1. The summed E-state index contributed by atoms with van der Waals surface area (Å²) < 4.78 is 0. The van der Waals surface area contributed by atoms with Gasteiger partial charge in [-0.3, -0.25) is 0 Å². The molecule has 0 aromatic carbocycles. The van der Waals surface area contributed by atoms with Crippen LogP contribution in [-0.2, 0) is 0 Å². The Morgan fingerprint density at radius 3 is 2.58 bits per heavy atom. The molecule has 0 spiro atoms. The molecule has 0 bridgehead atoms. The summed E-state index contributed by atoms with van der Waals surface area (Å²) in [4.78, 5) is 7.04. The molecule has 0 saturated heterocycles. The largest absolute Gasteiger partial charge is 0.354 e. The number of hydrogen-bond donors (Lipinski definition) is 1. The molecule has 2 atom stereocenters. The Labute approximate surface area is 118 Å². The lowest BCUT2D eigenvalue weighted by molar-refractivity contribution is 0.559. The molecule has 3 heteroatoms. The van der Waals surface area contributed by atoms with Crippen LogP contribution < -0.4 is 10.2 Å². The summed E-state index contributed by atoms with van der Waals surface area (Å²) >= 11 is 0. The minimum absolute atomic E-state index is 0.349.